The maximum absolute atomic E-state index is 13.1. The summed E-state index contributed by atoms with van der Waals surface area (Å²) >= 11 is 0. The van der Waals surface area contributed by atoms with Gasteiger partial charge in [0.1, 0.15) is 0 Å². The zero-order valence-corrected chi connectivity index (χ0v) is 16.6. The van der Waals surface area contributed by atoms with E-state index in [1.54, 1.807) is 12.1 Å². The van der Waals surface area contributed by atoms with Crippen molar-refractivity contribution in [3.63, 3.8) is 0 Å². The van der Waals surface area contributed by atoms with Crippen LogP contribution in [-0.4, -0.2) is 41.5 Å². The molecular weight excluding hydrogens is 409 g/mol. The molecule has 1 saturated heterocycles. The van der Waals surface area contributed by atoms with Crippen molar-refractivity contribution < 1.29 is 26.4 Å². The van der Waals surface area contributed by atoms with Crippen LogP contribution in [0.2, 0.25) is 0 Å². The van der Waals surface area contributed by atoms with Gasteiger partial charge in [0.05, 0.1) is 10.5 Å². The second kappa shape index (κ2) is 8.15. The zero-order valence-electron chi connectivity index (χ0n) is 15.7. The van der Waals surface area contributed by atoms with Crippen LogP contribution >= 0.6 is 0 Å². The fourth-order valence-electron chi connectivity index (χ4n) is 3.28. The van der Waals surface area contributed by atoms with E-state index in [0.29, 0.717) is 18.7 Å². The maximum Gasteiger partial charge on any atom is 0.435 e. The molecule has 11 heteroatoms. The molecule has 1 N–H and O–H groups in total. The highest BCUT2D eigenvalue weighted by Crippen LogP contribution is 2.30. The van der Waals surface area contributed by atoms with Crippen molar-refractivity contribution in [2.45, 2.75) is 36.9 Å². The molecule has 0 aliphatic carbocycles. The van der Waals surface area contributed by atoms with Crippen molar-refractivity contribution in [1.29, 1.82) is 0 Å². The second-order valence-corrected chi connectivity index (χ2v) is 8.72. The van der Waals surface area contributed by atoms with Crippen LogP contribution in [0.4, 0.5) is 13.2 Å². The Bertz CT molecular complexity index is 996. The molecule has 0 unspecified atom stereocenters. The summed E-state index contributed by atoms with van der Waals surface area (Å²) in [6, 6.07) is 6.16. The first-order chi connectivity index (χ1) is 13.6. The molecule has 1 aliphatic rings. The quantitative estimate of drug-likeness (QED) is 0.790. The number of nitrogens with one attached hydrogen (secondary N) is 1. The molecule has 7 nitrogen and oxygen atoms in total. The van der Waals surface area contributed by atoms with Crippen LogP contribution in [-0.2, 0) is 29.8 Å². The van der Waals surface area contributed by atoms with E-state index >= 15 is 0 Å². The standard InChI is InChI=1S/C18H21F3N4O3S/c1-24-12-14(16(23-24)18(19,20)21)17(26)22-11-13-7-3-4-8-15(13)29(27,28)25-9-5-2-6-10-25/h3-4,7-8,12H,2,5-6,9-11H2,1H3,(H,22,26). The van der Waals surface area contributed by atoms with Gasteiger partial charge in [-0.3, -0.25) is 9.48 Å². The van der Waals surface area contributed by atoms with Gasteiger partial charge in [0.15, 0.2) is 5.69 Å². The number of carbonyl (C=O) groups is 1. The van der Waals surface area contributed by atoms with Crippen molar-refractivity contribution >= 4 is 15.9 Å². The molecule has 158 valence electrons. The van der Waals surface area contributed by atoms with Crippen LogP contribution in [0.1, 0.15) is 40.9 Å². The Kier molecular flexibility index (Phi) is 5.99. The van der Waals surface area contributed by atoms with Crippen LogP contribution in [0.3, 0.4) is 0 Å². The summed E-state index contributed by atoms with van der Waals surface area (Å²) < 4.78 is 67.5. The molecule has 1 fully saturated rings. The summed E-state index contributed by atoms with van der Waals surface area (Å²) in [5.74, 6) is -0.976. The summed E-state index contributed by atoms with van der Waals surface area (Å²) in [5.41, 5.74) is -1.59. The van der Waals surface area contributed by atoms with Crippen molar-refractivity contribution in [2.75, 3.05) is 13.1 Å². The van der Waals surface area contributed by atoms with Gasteiger partial charge in [-0.15, -0.1) is 0 Å². The van der Waals surface area contributed by atoms with E-state index in [0.717, 1.165) is 30.1 Å². The van der Waals surface area contributed by atoms with Crippen LogP contribution in [0.5, 0.6) is 0 Å². The number of piperidine rings is 1. The number of hydrogen-bond acceptors (Lipinski definition) is 4. The van der Waals surface area contributed by atoms with Crippen LogP contribution in [0.15, 0.2) is 35.4 Å². The van der Waals surface area contributed by atoms with E-state index in [2.05, 4.69) is 10.4 Å². The summed E-state index contributed by atoms with van der Waals surface area (Å²) in [6.45, 7) is 0.621. The number of nitrogens with zero attached hydrogens (tertiary/aromatic N) is 3. The minimum absolute atomic E-state index is 0.0458. The number of benzene rings is 1. The number of alkyl halides is 3. The number of rotatable bonds is 5. The molecule has 1 amide bonds. The average Bonchev–Trinajstić information content (AvgIpc) is 3.09. The molecule has 2 heterocycles. The van der Waals surface area contributed by atoms with Gasteiger partial charge in [0.25, 0.3) is 5.91 Å². The lowest BCUT2D eigenvalue weighted by atomic mass is 10.2. The van der Waals surface area contributed by atoms with E-state index in [-0.39, 0.29) is 11.4 Å². The fraction of sp³-hybridized carbons (Fsp3) is 0.444. The molecule has 1 aliphatic heterocycles. The molecule has 2 aromatic rings. The molecule has 29 heavy (non-hydrogen) atoms. The fourth-order valence-corrected chi connectivity index (χ4v) is 5.02. The number of halogens is 3. The van der Waals surface area contributed by atoms with Gasteiger partial charge in [-0.1, -0.05) is 24.6 Å². The lowest BCUT2D eigenvalue weighted by Gasteiger charge is -2.26. The summed E-state index contributed by atoms with van der Waals surface area (Å²) in [6.07, 6.45) is -1.27. The Morgan fingerprint density at radius 1 is 1.17 bits per heavy atom. The molecule has 3 rings (SSSR count). The van der Waals surface area contributed by atoms with Gasteiger partial charge >= 0.3 is 6.18 Å². The molecule has 0 saturated carbocycles. The Morgan fingerprint density at radius 2 is 1.83 bits per heavy atom. The van der Waals surface area contributed by atoms with Gasteiger partial charge in [-0.2, -0.15) is 22.6 Å². The van der Waals surface area contributed by atoms with Gasteiger partial charge in [-0.25, -0.2) is 8.42 Å². The molecule has 1 aromatic carbocycles. The normalized spacial score (nSPS) is 16.0. The predicted molar refractivity (Wildman–Crippen MR) is 98.4 cm³/mol. The summed E-state index contributed by atoms with van der Waals surface area (Å²) in [5, 5.41) is 5.69. The number of carbonyl (C=O) groups excluding carboxylic acids is 1. The van der Waals surface area contributed by atoms with Crippen LogP contribution in [0.25, 0.3) is 0 Å². The molecule has 0 bridgehead atoms. The largest absolute Gasteiger partial charge is 0.435 e. The third-order valence-electron chi connectivity index (χ3n) is 4.69. The van der Waals surface area contributed by atoms with Gasteiger partial charge in [0, 0.05) is 32.9 Å². The third-order valence-corrected chi connectivity index (χ3v) is 6.69. The monoisotopic (exact) mass is 430 g/mol. The van der Waals surface area contributed by atoms with Crippen LogP contribution < -0.4 is 5.32 Å². The number of sulfonamides is 1. The maximum atomic E-state index is 13.1. The van der Waals surface area contributed by atoms with Crippen molar-refractivity contribution in [2.24, 2.45) is 7.05 Å². The first-order valence-corrected chi connectivity index (χ1v) is 10.5. The van der Waals surface area contributed by atoms with E-state index in [1.807, 2.05) is 0 Å². The molecular formula is C18H21F3N4O3S. The third kappa shape index (κ3) is 4.61. The Labute approximate surface area is 166 Å². The Morgan fingerprint density at radius 3 is 2.48 bits per heavy atom. The number of aromatic nitrogens is 2. The lowest BCUT2D eigenvalue weighted by Crippen LogP contribution is -2.36. The van der Waals surface area contributed by atoms with E-state index in [1.165, 1.54) is 23.5 Å². The highest BCUT2D eigenvalue weighted by atomic mass is 32.2. The van der Waals surface area contributed by atoms with Gasteiger partial charge in [-0.05, 0) is 24.5 Å². The Hall–Kier alpha value is -2.40. The van der Waals surface area contributed by atoms with Gasteiger partial charge in [0.2, 0.25) is 10.0 Å². The Balaban J connectivity index is 1.82. The first-order valence-electron chi connectivity index (χ1n) is 9.08. The summed E-state index contributed by atoms with van der Waals surface area (Å²) in [7, 11) is -2.46. The van der Waals surface area contributed by atoms with E-state index in [4.69, 9.17) is 0 Å². The van der Waals surface area contributed by atoms with Crippen molar-refractivity contribution in [3.8, 4) is 0 Å². The van der Waals surface area contributed by atoms with Crippen molar-refractivity contribution in [3.05, 3.63) is 47.3 Å². The molecule has 0 spiro atoms. The highest BCUT2D eigenvalue weighted by Gasteiger charge is 2.39. The van der Waals surface area contributed by atoms with Crippen molar-refractivity contribution in [1.82, 2.24) is 19.4 Å². The zero-order chi connectivity index (χ0) is 21.2. The minimum atomic E-state index is -4.77. The van der Waals surface area contributed by atoms with Gasteiger partial charge < -0.3 is 5.32 Å². The average molecular weight is 430 g/mol. The topological polar surface area (TPSA) is 84.3 Å². The number of hydrogen-bond donors (Lipinski definition) is 1. The predicted octanol–water partition coefficient (Wildman–Crippen LogP) is 2.54. The number of aryl methyl sites for hydroxylation is 1. The second-order valence-electron chi connectivity index (χ2n) is 6.82. The first kappa shape index (κ1) is 21.3. The minimum Gasteiger partial charge on any atom is -0.348 e. The number of amides is 1. The van der Waals surface area contributed by atoms with E-state index < -0.39 is 33.4 Å². The SMILES string of the molecule is Cn1cc(C(=O)NCc2ccccc2S(=O)(=O)N2CCCCC2)c(C(F)(F)F)n1. The van der Waals surface area contributed by atoms with Crippen LogP contribution in [0, 0.1) is 0 Å². The smallest absolute Gasteiger partial charge is 0.348 e. The molecule has 1 aromatic heterocycles. The lowest BCUT2D eigenvalue weighted by molar-refractivity contribution is -0.141. The highest BCUT2D eigenvalue weighted by molar-refractivity contribution is 7.89. The van der Waals surface area contributed by atoms with E-state index in [9.17, 15) is 26.4 Å². The summed E-state index contributed by atoms with van der Waals surface area (Å²) in [4.78, 5) is 12.4. The molecule has 0 radical (unpaired) electrons. The molecule has 0 atom stereocenters.